The van der Waals surface area contributed by atoms with Crippen LogP contribution in [0.25, 0.3) is 11.1 Å². The summed E-state index contributed by atoms with van der Waals surface area (Å²) in [6.07, 6.45) is 2.45. The molecule has 86 valence electrons. The van der Waals surface area contributed by atoms with E-state index < -0.39 is 0 Å². The molecule has 2 aromatic rings. The van der Waals surface area contributed by atoms with Crippen LogP contribution in [-0.2, 0) is 0 Å². The highest BCUT2D eigenvalue weighted by Gasteiger charge is 2.06. The lowest BCUT2D eigenvalue weighted by Gasteiger charge is -2.06. The van der Waals surface area contributed by atoms with Gasteiger partial charge in [0.25, 0.3) is 0 Å². The van der Waals surface area contributed by atoms with Crippen molar-refractivity contribution >= 4 is 17.9 Å². The number of aldehydes is 1. The number of rotatable bonds is 3. The zero-order chi connectivity index (χ0) is 12.3. The molecule has 0 atom stereocenters. The van der Waals surface area contributed by atoms with Gasteiger partial charge in [-0.2, -0.15) is 0 Å². The smallest absolute Gasteiger partial charge is 0.212 e. The van der Waals surface area contributed by atoms with Gasteiger partial charge in [-0.1, -0.05) is 11.6 Å². The summed E-state index contributed by atoms with van der Waals surface area (Å²) in [5.74, 6) is 0.531. The summed E-state index contributed by atoms with van der Waals surface area (Å²) in [6.45, 7) is 0. The molecule has 0 aliphatic carbocycles. The Morgan fingerprint density at radius 1 is 1.29 bits per heavy atom. The maximum atomic E-state index is 10.9. The average molecular weight is 248 g/mol. The number of halogens is 1. The lowest BCUT2D eigenvalue weighted by molar-refractivity contribution is 0.112. The molecule has 0 fully saturated rings. The lowest BCUT2D eigenvalue weighted by atomic mass is 10.0. The van der Waals surface area contributed by atoms with E-state index in [2.05, 4.69) is 4.98 Å². The molecule has 0 aliphatic rings. The van der Waals surface area contributed by atoms with Gasteiger partial charge in [-0.25, -0.2) is 4.98 Å². The van der Waals surface area contributed by atoms with Crippen LogP contribution < -0.4 is 4.74 Å². The fourth-order valence-corrected chi connectivity index (χ4v) is 1.71. The minimum Gasteiger partial charge on any atom is -0.481 e. The van der Waals surface area contributed by atoms with Crippen molar-refractivity contribution in [2.45, 2.75) is 0 Å². The number of benzene rings is 1. The molecule has 0 bridgehead atoms. The number of nitrogens with zero attached hydrogens (tertiary/aromatic N) is 1. The zero-order valence-corrected chi connectivity index (χ0v) is 9.94. The van der Waals surface area contributed by atoms with Gasteiger partial charge in [-0.3, -0.25) is 4.79 Å². The number of hydrogen-bond donors (Lipinski definition) is 0. The van der Waals surface area contributed by atoms with Crippen molar-refractivity contribution in [1.82, 2.24) is 4.98 Å². The van der Waals surface area contributed by atoms with Crippen molar-refractivity contribution in [2.75, 3.05) is 7.11 Å². The van der Waals surface area contributed by atoms with E-state index in [9.17, 15) is 4.79 Å². The fourth-order valence-electron chi connectivity index (χ4n) is 1.54. The molecule has 1 aromatic heterocycles. The number of pyridine rings is 1. The Morgan fingerprint density at radius 3 is 2.71 bits per heavy atom. The van der Waals surface area contributed by atoms with Gasteiger partial charge in [-0.15, -0.1) is 0 Å². The van der Waals surface area contributed by atoms with Crippen molar-refractivity contribution in [3.8, 4) is 17.0 Å². The molecule has 17 heavy (non-hydrogen) atoms. The molecule has 0 amide bonds. The van der Waals surface area contributed by atoms with Crippen molar-refractivity contribution in [2.24, 2.45) is 0 Å². The minimum absolute atomic E-state index is 0.531. The average Bonchev–Trinajstić information content (AvgIpc) is 2.39. The molecule has 0 aliphatic heterocycles. The molecule has 1 heterocycles. The van der Waals surface area contributed by atoms with E-state index in [-0.39, 0.29) is 0 Å². The van der Waals surface area contributed by atoms with Gasteiger partial charge in [0.05, 0.1) is 7.11 Å². The monoisotopic (exact) mass is 247 g/mol. The van der Waals surface area contributed by atoms with Gasteiger partial charge in [0, 0.05) is 28.4 Å². The molecule has 3 nitrogen and oxygen atoms in total. The third kappa shape index (κ3) is 2.45. The fraction of sp³-hybridized carbons (Fsp3) is 0.0769. The Morgan fingerprint density at radius 2 is 2.12 bits per heavy atom. The van der Waals surface area contributed by atoms with Crippen LogP contribution in [0, 0.1) is 0 Å². The molecule has 0 N–H and O–H groups in total. The van der Waals surface area contributed by atoms with Crippen LogP contribution in [0.15, 0.2) is 36.5 Å². The Hall–Kier alpha value is -1.87. The third-order valence-corrected chi connectivity index (χ3v) is 2.63. The maximum absolute atomic E-state index is 10.9. The van der Waals surface area contributed by atoms with Crippen LogP contribution in [0.1, 0.15) is 10.4 Å². The molecule has 0 saturated carbocycles. The molecule has 0 radical (unpaired) electrons. The predicted octanol–water partition coefficient (Wildman–Crippen LogP) is 3.22. The topological polar surface area (TPSA) is 39.2 Å². The van der Waals surface area contributed by atoms with Gasteiger partial charge < -0.3 is 4.74 Å². The van der Waals surface area contributed by atoms with Crippen LogP contribution in [0.4, 0.5) is 0 Å². The van der Waals surface area contributed by atoms with Gasteiger partial charge in [0.2, 0.25) is 5.88 Å². The van der Waals surface area contributed by atoms with Crippen LogP contribution in [-0.4, -0.2) is 18.4 Å². The van der Waals surface area contributed by atoms with Crippen molar-refractivity contribution < 1.29 is 9.53 Å². The van der Waals surface area contributed by atoms with Crippen molar-refractivity contribution in [3.05, 3.63) is 47.1 Å². The molecule has 1 aromatic carbocycles. The summed E-state index contributed by atoms with van der Waals surface area (Å²) in [5, 5.41) is 0.585. The largest absolute Gasteiger partial charge is 0.481 e. The summed E-state index contributed by atoms with van der Waals surface area (Å²) in [7, 11) is 1.55. The van der Waals surface area contributed by atoms with E-state index in [1.165, 1.54) is 0 Å². The number of carbonyl (C=O) groups excluding carboxylic acids is 1. The van der Waals surface area contributed by atoms with Gasteiger partial charge in [0.15, 0.2) is 6.29 Å². The highest BCUT2D eigenvalue weighted by molar-refractivity contribution is 6.31. The van der Waals surface area contributed by atoms with Gasteiger partial charge in [0.1, 0.15) is 0 Å². The second-order valence-corrected chi connectivity index (χ2v) is 3.88. The Kier molecular flexibility index (Phi) is 3.40. The van der Waals surface area contributed by atoms with E-state index in [1.54, 1.807) is 37.6 Å². The molecule has 2 rings (SSSR count). The van der Waals surface area contributed by atoms with E-state index >= 15 is 0 Å². The van der Waals surface area contributed by atoms with Gasteiger partial charge >= 0.3 is 0 Å². The number of ether oxygens (including phenoxy) is 1. The third-order valence-electron chi connectivity index (χ3n) is 2.40. The van der Waals surface area contributed by atoms with Crippen LogP contribution >= 0.6 is 11.6 Å². The molecular weight excluding hydrogens is 238 g/mol. The standard InChI is InChI=1S/C13H10ClNO2/c1-17-13-5-3-9(7-15-13)12-6-11(14)4-2-10(12)8-16/h2-8H,1H3. The highest BCUT2D eigenvalue weighted by Crippen LogP contribution is 2.26. The van der Waals surface area contributed by atoms with E-state index in [1.807, 2.05) is 6.07 Å². The maximum Gasteiger partial charge on any atom is 0.212 e. The number of aromatic nitrogens is 1. The Labute approximate surface area is 104 Å². The Bertz CT molecular complexity index is 538. The first-order valence-corrected chi connectivity index (χ1v) is 5.37. The second-order valence-electron chi connectivity index (χ2n) is 3.44. The van der Waals surface area contributed by atoms with E-state index in [4.69, 9.17) is 16.3 Å². The quantitative estimate of drug-likeness (QED) is 0.782. The highest BCUT2D eigenvalue weighted by atomic mass is 35.5. The molecular formula is C13H10ClNO2. The number of hydrogen-bond acceptors (Lipinski definition) is 3. The summed E-state index contributed by atoms with van der Waals surface area (Å²) >= 11 is 5.92. The van der Waals surface area contributed by atoms with Crippen LogP contribution in [0.2, 0.25) is 5.02 Å². The summed E-state index contributed by atoms with van der Waals surface area (Å²) in [5.41, 5.74) is 2.18. The first kappa shape index (κ1) is 11.6. The van der Waals surface area contributed by atoms with Crippen LogP contribution in [0.3, 0.4) is 0 Å². The van der Waals surface area contributed by atoms with Gasteiger partial charge in [-0.05, 0) is 29.8 Å². The van der Waals surface area contributed by atoms with E-state index in [0.29, 0.717) is 16.5 Å². The predicted molar refractivity (Wildman–Crippen MR) is 66.6 cm³/mol. The molecule has 0 spiro atoms. The SMILES string of the molecule is COc1ccc(-c2cc(Cl)ccc2C=O)cn1. The summed E-state index contributed by atoms with van der Waals surface area (Å²) in [4.78, 5) is 15.0. The molecule has 4 heteroatoms. The summed E-state index contributed by atoms with van der Waals surface area (Å²) in [6, 6.07) is 8.70. The minimum atomic E-state index is 0.531. The lowest BCUT2D eigenvalue weighted by Crippen LogP contribution is -1.90. The van der Waals surface area contributed by atoms with E-state index in [0.717, 1.165) is 17.4 Å². The van der Waals surface area contributed by atoms with Crippen molar-refractivity contribution in [3.63, 3.8) is 0 Å². The number of carbonyl (C=O) groups is 1. The normalized spacial score (nSPS) is 10.0. The second kappa shape index (κ2) is 4.97. The van der Waals surface area contributed by atoms with Crippen LogP contribution in [0.5, 0.6) is 5.88 Å². The first-order chi connectivity index (χ1) is 8.24. The van der Waals surface area contributed by atoms with Crippen molar-refractivity contribution in [1.29, 1.82) is 0 Å². The Balaban J connectivity index is 2.50. The number of methoxy groups -OCH3 is 1. The zero-order valence-electron chi connectivity index (χ0n) is 9.18. The summed E-state index contributed by atoms with van der Waals surface area (Å²) < 4.78 is 4.98. The molecule has 0 unspecified atom stereocenters. The first-order valence-electron chi connectivity index (χ1n) is 4.99. The molecule has 0 saturated heterocycles.